The van der Waals surface area contributed by atoms with Crippen molar-refractivity contribution in [1.29, 1.82) is 0 Å². The molecule has 1 amide bonds. The normalized spacial score (nSPS) is 12.3. The summed E-state index contributed by atoms with van der Waals surface area (Å²) < 4.78 is 0. The van der Waals surface area contributed by atoms with Gasteiger partial charge in [0.15, 0.2) is 0 Å². The molecular formula is C19H21N5O. The number of anilines is 1. The average molecular weight is 335 g/mol. The van der Waals surface area contributed by atoms with E-state index in [4.69, 9.17) is 5.73 Å². The van der Waals surface area contributed by atoms with Gasteiger partial charge in [-0.2, -0.15) is 0 Å². The molecule has 2 aromatic carbocycles. The number of carbonyl (C=O) groups excluding carboxylic acids is 1. The number of benzene rings is 2. The number of nitrogens with zero attached hydrogens (tertiary/aromatic N) is 3. The molecule has 3 aromatic rings. The minimum Gasteiger partial charge on any atom is -0.366 e. The van der Waals surface area contributed by atoms with Crippen molar-refractivity contribution < 1.29 is 4.79 Å². The highest BCUT2D eigenvalue weighted by Crippen LogP contribution is 2.26. The van der Waals surface area contributed by atoms with E-state index in [-0.39, 0.29) is 6.04 Å². The lowest BCUT2D eigenvalue weighted by Gasteiger charge is -2.24. The molecule has 25 heavy (non-hydrogen) atoms. The molecule has 0 fully saturated rings. The number of primary amides is 1. The second kappa shape index (κ2) is 7.27. The van der Waals surface area contributed by atoms with Gasteiger partial charge >= 0.3 is 0 Å². The molecule has 0 aliphatic heterocycles. The van der Waals surface area contributed by atoms with Crippen molar-refractivity contribution in [1.82, 2.24) is 14.9 Å². The van der Waals surface area contributed by atoms with E-state index in [1.54, 1.807) is 12.1 Å². The lowest BCUT2D eigenvalue weighted by Crippen LogP contribution is -2.26. The summed E-state index contributed by atoms with van der Waals surface area (Å²) in [6, 6.07) is 15.6. The van der Waals surface area contributed by atoms with E-state index in [1.807, 2.05) is 38.4 Å². The summed E-state index contributed by atoms with van der Waals surface area (Å²) >= 11 is 0. The fourth-order valence-electron chi connectivity index (χ4n) is 2.85. The van der Waals surface area contributed by atoms with Crippen LogP contribution in [-0.4, -0.2) is 41.4 Å². The predicted octanol–water partition coefficient (Wildman–Crippen LogP) is 2.44. The number of fused-ring (bicyclic) bond motifs is 1. The number of carbonyl (C=O) groups is 1. The Balaban J connectivity index is 2.03. The number of amides is 1. The van der Waals surface area contributed by atoms with E-state index in [0.717, 1.165) is 17.5 Å². The Kier molecular flexibility index (Phi) is 4.90. The van der Waals surface area contributed by atoms with Gasteiger partial charge in [0.05, 0.1) is 17.1 Å². The number of nitrogens with one attached hydrogen (secondary N) is 1. The minimum atomic E-state index is -0.497. The van der Waals surface area contributed by atoms with E-state index in [9.17, 15) is 4.79 Å². The Bertz CT molecular complexity index is 879. The molecule has 0 aliphatic carbocycles. The molecule has 0 radical (unpaired) electrons. The maximum absolute atomic E-state index is 11.7. The summed E-state index contributed by atoms with van der Waals surface area (Å²) in [7, 11) is 4.06. The number of likely N-dealkylation sites (N-methyl/N-ethyl adjacent to an activating group) is 1. The maximum Gasteiger partial charge on any atom is 0.250 e. The third-order valence-electron chi connectivity index (χ3n) is 3.99. The Labute approximate surface area is 146 Å². The standard InChI is InChI=1S/C19H21N5O/c1-24(2)11-16(13-7-4-3-5-8-13)23-19-15-10-6-9-14(18(20)25)17(15)21-12-22-19/h3-10,12,16H,11H2,1-2H3,(H2,20,25)(H,21,22,23)/t16-/m1/s1. The smallest absolute Gasteiger partial charge is 0.250 e. The zero-order chi connectivity index (χ0) is 17.8. The molecular weight excluding hydrogens is 314 g/mol. The van der Waals surface area contributed by atoms with Crippen LogP contribution < -0.4 is 11.1 Å². The highest BCUT2D eigenvalue weighted by atomic mass is 16.1. The first kappa shape index (κ1) is 16.9. The van der Waals surface area contributed by atoms with E-state index in [1.165, 1.54) is 6.33 Å². The monoisotopic (exact) mass is 335 g/mol. The van der Waals surface area contributed by atoms with E-state index in [0.29, 0.717) is 16.9 Å². The number of nitrogens with two attached hydrogens (primary N) is 1. The van der Waals surface area contributed by atoms with Gasteiger partial charge in [-0.15, -0.1) is 0 Å². The Morgan fingerprint density at radius 1 is 1.12 bits per heavy atom. The Morgan fingerprint density at radius 3 is 2.56 bits per heavy atom. The van der Waals surface area contributed by atoms with Gasteiger partial charge in [0.1, 0.15) is 12.1 Å². The molecule has 6 nitrogen and oxygen atoms in total. The summed E-state index contributed by atoms with van der Waals surface area (Å²) in [5, 5.41) is 4.27. The van der Waals surface area contributed by atoms with Gasteiger partial charge in [0.25, 0.3) is 5.91 Å². The molecule has 3 rings (SSSR count). The Morgan fingerprint density at radius 2 is 1.88 bits per heavy atom. The van der Waals surface area contributed by atoms with Crippen molar-refractivity contribution >= 4 is 22.6 Å². The quantitative estimate of drug-likeness (QED) is 0.723. The fourth-order valence-corrected chi connectivity index (χ4v) is 2.85. The molecule has 0 saturated heterocycles. The first-order chi connectivity index (χ1) is 12.1. The van der Waals surface area contributed by atoms with E-state index in [2.05, 4.69) is 32.3 Å². The second-order valence-corrected chi connectivity index (χ2v) is 6.16. The van der Waals surface area contributed by atoms with E-state index < -0.39 is 5.91 Å². The third-order valence-corrected chi connectivity index (χ3v) is 3.99. The minimum absolute atomic E-state index is 0.0477. The van der Waals surface area contributed by atoms with Gasteiger partial charge in [0, 0.05) is 11.9 Å². The van der Waals surface area contributed by atoms with Crippen molar-refractivity contribution in [2.24, 2.45) is 5.73 Å². The molecule has 0 aliphatic rings. The second-order valence-electron chi connectivity index (χ2n) is 6.16. The fraction of sp³-hybridized carbons (Fsp3) is 0.211. The molecule has 0 bridgehead atoms. The number of para-hydroxylation sites is 1. The molecule has 3 N–H and O–H groups in total. The molecule has 0 saturated carbocycles. The molecule has 6 heteroatoms. The average Bonchev–Trinajstić information content (AvgIpc) is 2.61. The van der Waals surface area contributed by atoms with Crippen LogP contribution >= 0.6 is 0 Å². The van der Waals surface area contributed by atoms with Crippen molar-refractivity contribution in [2.45, 2.75) is 6.04 Å². The summed E-state index contributed by atoms with van der Waals surface area (Å²) in [5.74, 6) is 0.187. The zero-order valence-electron chi connectivity index (χ0n) is 14.3. The number of rotatable bonds is 6. The van der Waals surface area contributed by atoms with Crippen LogP contribution in [0, 0.1) is 0 Å². The summed E-state index contributed by atoms with van der Waals surface area (Å²) in [5.41, 5.74) is 7.58. The van der Waals surface area contributed by atoms with Crippen molar-refractivity contribution in [3.05, 3.63) is 66.0 Å². The summed E-state index contributed by atoms with van der Waals surface area (Å²) in [6.45, 7) is 0.797. The molecule has 0 spiro atoms. The summed E-state index contributed by atoms with van der Waals surface area (Å²) in [4.78, 5) is 22.4. The van der Waals surface area contributed by atoms with Crippen LogP contribution in [0.2, 0.25) is 0 Å². The van der Waals surface area contributed by atoms with Crippen LogP contribution in [0.3, 0.4) is 0 Å². The first-order valence-corrected chi connectivity index (χ1v) is 8.06. The number of aromatic nitrogens is 2. The maximum atomic E-state index is 11.7. The van der Waals surface area contributed by atoms with Crippen LogP contribution in [0.1, 0.15) is 22.0 Å². The highest BCUT2D eigenvalue weighted by Gasteiger charge is 2.16. The lowest BCUT2D eigenvalue weighted by atomic mass is 10.1. The highest BCUT2D eigenvalue weighted by molar-refractivity contribution is 6.06. The molecule has 1 atom stereocenters. The van der Waals surface area contributed by atoms with Crippen LogP contribution in [0.25, 0.3) is 10.9 Å². The van der Waals surface area contributed by atoms with Crippen molar-refractivity contribution in [3.8, 4) is 0 Å². The Hall–Kier alpha value is -2.99. The lowest BCUT2D eigenvalue weighted by molar-refractivity contribution is 0.100. The van der Waals surface area contributed by atoms with Crippen LogP contribution in [0.4, 0.5) is 5.82 Å². The van der Waals surface area contributed by atoms with Gasteiger partial charge in [-0.1, -0.05) is 36.4 Å². The number of hydrogen-bond acceptors (Lipinski definition) is 5. The van der Waals surface area contributed by atoms with Crippen LogP contribution in [0.5, 0.6) is 0 Å². The number of hydrogen-bond donors (Lipinski definition) is 2. The van der Waals surface area contributed by atoms with Gasteiger partial charge in [0.2, 0.25) is 0 Å². The van der Waals surface area contributed by atoms with Gasteiger partial charge in [-0.05, 0) is 31.8 Å². The molecule has 1 heterocycles. The van der Waals surface area contributed by atoms with Gasteiger partial charge < -0.3 is 16.0 Å². The SMILES string of the molecule is CN(C)C[C@@H](Nc1ncnc2c(C(N)=O)cccc12)c1ccccc1. The molecule has 128 valence electrons. The zero-order valence-corrected chi connectivity index (χ0v) is 14.3. The van der Waals surface area contributed by atoms with Crippen LogP contribution in [-0.2, 0) is 0 Å². The molecule has 1 aromatic heterocycles. The topological polar surface area (TPSA) is 84.1 Å². The summed E-state index contributed by atoms with van der Waals surface area (Å²) in [6.07, 6.45) is 1.45. The van der Waals surface area contributed by atoms with Crippen molar-refractivity contribution in [2.75, 3.05) is 26.0 Å². The van der Waals surface area contributed by atoms with Gasteiger partial charge in [-0.3, -0.25) is 4.79 Å². The molecule has 0 unspecified atom stereocenters. The van der Waals surface area contributed by atoms with Crippen LogP contribution in [0.15, 0.2) is 54.9 Å². The van der Waals surface area contributed by atoms with Gasteiger partial charge in [-0.25, -0.2) is 9.97 Å². The largest absolute Gasteiger partial charge is 0.366 e. The van der Waals surface area contributed by atoms with Crippen molar-refractivity contribution in [3.63, 3.8) is 0 Å². The van der Waals surface area contributed by atoms with E-state index >= 15 is 0 Å². The third kappa shape index (κ3) is 3.75. The first-order valence-electron chi connectivity index (χ1n) is 8.06. The predicted molar refractivity (Wildman–Crippen MR) is 99.4 cm³/mol.